The third kappa shape index (κ3) is 7.67. The van der Waals surface area contributed by atoms with Gasteiger partial charge >= 0.3 is 12.1 Å². The van der Waals surface area contributed by atoms with Crippen molar-refractivity contribution >= 4 is 11.9 Å². The summed E-state index contributed by atoms with van der Waals surface area (Å²) < 4.78 is 31.7. The number of carbonyl (C=O) groups is 2. The van der Waals surface area contributed by atoms with Crippen LogP contribution in [0.15, 0.2) is 30.3 Å². The quantitative estimate of drug-likeness (QED) is 0.900. The molecule has 7 heteroatoms. The number of benzene rings is 1. The number of carbonyl (C=O) groups excluding carboxylic acids is 1. The zero-order chi connectivity index (χ0) is 17.3. The molecule has 1 saturated heterocycles. The number of aliphatic carboxylic acids is 1. The van der Waals surface area contributed by atoms with Crippen molar-refractivity contribution in [1.29, 1.82) is 0 Å². The van der Waals surface area contributed by atoms with Crippen molar-refractivity contribution in [3.8, 4) is 0 Å². The Morgan fingerprint density at radius 2 is 1.65 bits per heavy atom. The van der Waals surface area contributed by atoms with E-state index >= 15 is 0 Å². The minimum absolute atomic E-state index is 0.323. The van der Waals surface area contributed by atoms with Crippen molar-refractivity contribution < 1.29 is 27.9 Å². The molecule has 23 heavy (non-hydrogen) atoms. The van der Waals surface area contributed by atoms with Gasteiger partial charge in [-0.25, -0.2) is 4.79 Å². The Morgan fingerprint density at radius 1 is 1.09 bits per heavy atom. The van der Waals surface area contributed by atoms with Gasteiger partial charge in [0.25, 0.3) is 0 Å². The van der Waals surface area contributed by atoms with Gasteiger partial charge in [0.15, 0.2) is 0 Å². The maximum atomic E-state index is 11.9. The fraction of sp³-hybridized carbons (Fsp3) is 0.500. The molecule has 4 nitrogen and oxygen atoms in total. The third-order valence-electron chi connectivity index (χ3n) is 3.38. The molecule has 1 aliphatic rings. The molecule has 1 aromatic carbocycles. The van der Waals surface area contributed by atoms with Crippen LogP contribution in [0.5, 0.6) is 0 Å². The third-order valence-corrected chi connectivity index (χ3v) is 3.38. The van der Waals surface area contributed by atoms with Crippen LogP contribution in [-0.4, -0.2) is 34.6 Å². The summed E-state index contributed by atoms with van der Waals surface area (Å²) in [6.07, 6.45) is 0.332. The van der Waals surface area contributed by atoms with E-state index in [1.54, 1.807) is 0 Å². The number of alkyl halides is 3. The zero-order valence-corrected chi connectivity index (χ0v) is 12.7. The topological polar surface area (TPSA) is 57.6 Å². The van der Waals surface area contributed by atoms with Gasteiger partial charge in [-0.05, 0) is 18.4 Å². The summed E-state index contributed by atoms with van der Waals surface area (Å²) in [4.78, 5) is 22.8. The molecule has 0 aliphatic carbocycles. The Labute approximate surface area is 132 Å². The Morgan fingerprint density at radius 3 is 2.22 bits per heavy atom. The molecule has 0 bridgehead atoms. The number of carboxylic acids is 1. The van der Waals surface area contributed by atoms with Crippen LogP contribution in [-0.2, 0) is 16.1 Å². The maximum Gasteiger partial charge on any atom is 0.490 e. The molecule has 1 aliphatic heterocycles. The number of nitrogens with zero attached hydrogens (tertiary/aromatic N) is 1. The van der Waals surface area contributed by atoms with Gasteiger partial charge in [-0.1, -0.05) is 43.2 Å². The lowest BCUT2D eigenvalue weighted by Gasteiger charge is -2.24. The van der Waals surface area contributed by atoms with Crippen LogP contribution in [0.25, 0.3) is 0 Å². The molecule has 0 radical (unpaired) electrons. The first kappa shape index (κ1) is 19.0. The van der Waals surface area contributed by atoms with E-state index in [9.17, 15) is 18.0 Å². The molecule has 0 aromatic heterocycles. The van der Waals surface area contributed by atoms with E-state index in [1.165, 1.54) is 18.4 Å². The van der Waals surface area contributed by atoms with Gasteiger partial charge in [0.05, 0.1) is 0 Å². The Kier molecular flexibility index (Phi) is 7.57. The highest BCUT2D eigenvalue weighted by atomic mass is 19.4. The van der Waals surface area contributed by atoms with E-state index < -0.39 is 12.1 Å². The van der Waals surface area contributed by atoms with Gasteiger partial charge in [0, 0.05) is 19.5 Å². The second-order valence-corrected chi connectivity index (χ2v) is 5.27. The first-order chi connectivity index (χ1) is 10.8. The molecule has 0 spiro atoms. The second kappa shape index (κ2) is 9.17. The summed E-state index contributed by atoms with van der Waals surface area (Å²) in [5.74, 6) is -2.43. The molecular weight excluding hydrogens is 311 g/mol. The summed E-state index contributed by atoms with van der Waals surface area (Å²) in [5, 5.41) is 7.12. The maximum absolute atomic E-state index is 11.9. The van der Waals surface area contributed by atoms with Gasteiger partial charge in [-0.15, -0.1) is 0 Å². The average Bonchev–Trinajstić information content (AvgIpc) is 2.48. The molecule has 0 unspecified atom stereocenters. The second-order valence-electron chi connectivity index (χ2n) is 5.27. The monoisotopic (exact) mass is 331 g/mol. The molecule has 128 valence electrons. The standard InChI is InChI=1S/C14H19NO.C2HF3O2/c16-14-10-6-1-2-7-11-15(14)12-13-8-4-3-5-9-13;3-2(4,5)1(6)7/h3-5,8-9H,1-2,6-7,10-12H2;(H,6,7). The van der Waals surface area contributed by atoms with Crippen LogP contribution in [0.3, 0.4) is 0 Å². The van der Waals surface area contributed by atoms with Crippen LogP contribution in [0, 0.1) is 0 Å². The molecule has 1 amide bonds. The predicted octanol–water partition coefficient (Wildman–Crippen LogP) is 3.61. The molecular formula is C16H20F3NO3. The van der Waals surface area contributed by atoms with Crippen molar-refractivity contribution in [3.05, 3.63) is 35.9 Å². The van der Waals surface area contributed by atoms with Gasteiger partial charge < -0.3 is 10.0 Å². The SMILES string of the molecule is O=C(O)C(F)(F)F.O=C1CCCCCCN1Cc1ccccc1. The van der Waals surface area contributed by atoms with Gasteiger partial charge in [-0.2, -0.15) is 13.2 Å². The van der Waals surface area contributed by atoms with E-state index in [0.29, 0.717) is 5.91 Å². The number of likely N-dealkylation sites (tertiary alicyclic amines) is 1. The number of carboxylic acid groups (broad SMARTS) is 1. The molecule has 1 heterocycles. The Balaban J connectivity index is 0.000000322. The smallest absolute Gasteiger partial charge is 0.475 e. The zero-order valence-electron chi connectivity index (χ0n) is 12.7. The van der Waals surface area contributed by atoms with E-state index in [1.807, 2.05) is 23.1 Å². The summed E-state index contributed by atoms with van der Waals surface area (Å²) in [5.41, 5.74) is 1.23. The van der Waals surface area contributed by atoms with Crippen molar-refractivity contribution in [2.24, 2.45) is 0 Å². The van der Waals surface area contributed by atoms with Crippen LogP contribution >= 0.6 is 0 Å². The highest BCUT2D eigenvalue weighted by Gasteiger charge is 2.38. The van der Waals surface area contributed by atoms with E-state index in [0.717, 1.165) is 32.4 Å². The predicted molar refractivity (Wildman–Crippen MR) is 78.6 cm³/mol. The minimum atomic E-state index is -5.08. The number of rotatable bonds is 2. The molecule has 0 saturated carbocycles. The number of hydrogen-bond donors (Lipinski definition) is 1. The van der Waals surface area contributed by atoms with Crippen LogP contribution in [0.1, 0.15) is 37.7 Å². The normalized spacial score (nSPS) is 16.0. The lowest BCUT2D eigenvalue weighted by atomic mass is 10.1. The molecule has 0 atom stereocenters. The average molecular weight is 331 g/mol. The van der Waals surface area contributed by atoms with E-state index in [2.05, 4.69) is 12.1 Å². The molecule has 1 fully saturated rings. The highest BCUT2D eigenvalue weighted by molar-refractivity contribution is 5.76. The molecule has 1 N–H and O–H groups in total. The van der Waals surface area contributed by atoms with Crippen LogP contribution in [0.4, 0.5) is 13.2 Å². The minimum Gasteiger partial charge on any atom is -0.475 e. The Hall–Kier alpha value is -2.05. The van der Waals surface area contributed by atoms with Gasteiger partial charge in [-0.3, -0.25) is 4.79 Å². The first-order valence-electron chi connectivity index (χ1n) is 7.42. The fourth-order valence-electron chi connectivity index (χ4n) is 2.19. The fourth-order valence-corrected chi connectivity index (χ4v) is 2.19. The van der Waals surface area contributed by atoms with Crippen molar-refractivity contribution in [1.82, 2.24) is 4.90 Å². The number of amides is 1. The Bertz CT molecular complexity index is 503. The summed E-state index contributed by atoms with van der Waals surface area (Å²) >= 11 is 0. The molecule has 1 aromatic rings. The lowest BCUT2D eigenvalue weighted by molar-refractivity contribution is -0.192. The van der Waals surface area contributed by atoms with Gasteiger partial charge in [0.1, 0.15) is 0 Å². The van der Waals surface area contributed by atoms with E-state index in [-0.39, 0.29) is 0 Å². The van der Waals surface area contributed by atoms with Gasteiger partial charge in [0.2, 0.25) is 5.91 Å². The van der Waals surface area contributed by atoms with E-state index in [4.69, 9.17) is 9.90 Å². The summed E-state index contributed by atoms with van der Waals surface area (Å²) in [6, 6.07) is 10.3. The molecule has 2 rings (SSSR count). The lowest BCUT2D eigenvalue weighted by Crippen LogP contribution is -2.32. The number of halogens is 3. The first-order valence-corrected chi connectivity index (χ1v) is 7.42. The van der Waals surface area contributed by atoms with Crippen molar-refractivity contribution in [3.63, 3.8) is 0 Å². The highest BCUT2D eigenvalue weighted by Crippen LogP contribution is 2.14. The largest absolute Gasteiger partial charge is 0.490 e. The van der Waals surface area contributed by atoms with Crippen LogP contribution < -0.4 is 0 Å². The van der Waals surface area contributed by atoms with Crippen molar-refractivity contribution in [2.75, 3.05) is 6.54 Å². The van der Waals surface area contributed by atoms with Crippen LogP contribution in [0.2, 0.25) is 0 Å². The van der Waals surface area contributed by atoms with Crippen molar-refractivity contribution in [2.45, 2.75) is 44.8 Å². The summed E-state index contributed by atoms with van der Waals surface area (Å²) in [7, 11) is 0. The number of hydrogen-bond acceptors (Lipinski definition) is 2. The summed E-state index contributed by atoms with van der Waals surface area (Å²) in [6.45, 7) is 1.70.